The van der Waals surface area contributed by atoms with Crippen molar-refractivity contribution in [3.63, 3.8) is 0 Å². The largest absolute Gasteiger partial charge is 0.484 e. The van der Waals surface area contributed by atoms with Crippen LogP contribution in [0.15, 0.2) is 78.9 Å². The molecule has 0 aliphatic rings. The van der Waals surface area contributed by atoms with E-state index in [1.54, 1.807) is 12.1 Å². The minimum atomic E-state index is -0.758. The summed E-state index contributed by atoms with van der Waals surface area (Å²) in [5.41, 5.74) is 1.77. The number of hydrogen-bond acceptors (Lipinski definition) is 3. The Balaban J connectivity index is 1.89. The van der Waals surface area contributed by atoms with Crippen molar-refractivity contribution < 1.29 is 18.7 Å². The normalized spacial score (nSPS) is 12.5. The van der Waals surface area contributed by atoms with Gasteiger partial charge in [-0.15, -0.1) is 0 Å². The van der Waals surface area contributed by atoms with E-state index >= 15 is 0 Å². The van der Waals surface area contributed by atoms with E-state index in [9.17, 15) is 14.0 Å². The number of halogens is 2. The predicted octanol–water partition coefficient (Wildman–Crippen LogP) is 5.41. The molecule has 0 fully saturated rings. The van der Waals surface area contributed by atoms with Crippen molar-refractivity contribution in [2.45, 2.75) is 45.3 Å². The smallest absolute Gasteiger partial charge is 0.261 e. The fraction of sp³-hybridized carbons (Fsp3) is 0.286. The summed E-state index contributed by atoms with van der Waals surface area (Å²) in [5, 5.41) is 3.61. The summed E-state index contributed by atoms with van der Waals surface area (Å²) >= 11 is 6.04. The number of ether oxygens (including phenoxy) is 1. The predicted molar refractivity (Wildman–Crippen MR) is 136 cm³/mol. The van der Waals surface area contributed by atoms with Gasteiger partial charge in [0, 0.05) is 24.0 Å². The van der Waals surface area contributed by atoms with E-state index in [-0.39, 0.29) is 31.0 Å². The van der Waals surface area contributed by atoms with Crippen molar-refractivity contribution in [3.05, 3.63) is 101 Å². The lowest BCUT2D eigenvalue weighted by molar-refractivity contribution is -0.143. The number of carbonyl (C=O) groups is 2. The molecule has 7 heteroatoms. The molecule has 0 aliphatic heterocycles. The molecule has 184 valence electrons. The van der Waals surface area contributed by atoms with E-state index in [0.29, 0.717) is 17.2 Å². The van der Waals surface area contributed by atoms with Gasteiger partial charge >= 0.3 is 0 Å². The standard InChI is InChI=1S/C28H30ClFN2O3/c1-3-20(2)31-28(34)26(17-21-7-5-4-6-8-21)32(18-22-9-11-23(29)12-10-22)27(33)19-35-25-15-13-24(30)14-16-25/h4-16,20,26H,3,17-19H2,1-2H3,(H,31,34)/t20-,26+/m0/s1. The zero-order valence-electron chi connectivity index (χ0n) is 19.9. The number of nitrogens with one attached hydrogen (secondary N) is 1. The number of carbonyl (C=O) groups excluding carboxylic acids is 2. The Morgan fingerprint density at radius 3 is 2.26 bits per heavy atom. The van der Waals surface area contributed by atoms with Crippen molar-refractivity contribution in [1.29, 1.82) is 0 Å². The summed E-state index contributed by atoms with van der Waals surface area (Å²) in [5.74, 6) is -0.607. The van der Waals surface area contributed by atoms with E-state index in [1.807, 2.05) is 56.3 Å². The molecule has 0 saturated carbocycles. The van der Waals surface area contributed by atoms with Gasteiger partial charge in [-0.2, -0.15) is 0 Å². The van der Waals surface area contributed by atoms with Crippen molar-refractivity contribution in [2.24, 2.45) is 0 Å². The third-order valence-electron chi connectivity index (χ3n) is 5.71. The van der Waals surface area contributed by atoms with Crippen LogP contribution < -0.4 is 10.1 Å². The van der Waals surface area contributed by atoms with Crippen LogP contribution >= 0.6 is 11.6 Å². The van der Waals surface area contributed by atoms with E-state index in [0.717, 1.165) is 17.5 Å². The monoisotopic (exact) mass is 496 g/mol. The molecule has 5 nitrogen and oxygen atoms in total. The Morgan fingerprint density at radius 1 is 0.971 bits per heavy atom. The average Bonchev–Trinajstić information content (AvgIpc) is 2.87. The van der Waals surface area contributed by atoms with Crippen LogP contribution in [0, 0.1) is 5.82 Å². The first-order valence-electron chi connectivity index (χ1n) is 11.6. The number of hydrogen-bond donors (Lipinski definition) is 1. The van der Waals surface area contributed by atoms with Crippen LogP contribution in [0.5, 0.6) is 5.75 Å². The van der Waals surface area contributed by atoms with Gasteiger partial charge in [-0.3, -0.25) is 9.59 Å². The molecule has 3 rings (SSSR count). The summed E-state index contributed by atoms with van der Waals surface area (Å²) in [4.78, 5) is 28.4. The molecule has 0 spiro atoms. The Labute approximate surface area is 210 Å². The fourth-order valence-corrected chi connectivity index (χ4v) is 3.67. The highest BCUT2D eigenvalue weighted by molar-refractivity contribution is 6.30. The first-order valence-corrected chi connectivity index (χ1v) is 12.0. The zero-order chi connectivity index (χ0) is 25.2. The molecule has 0 heterocycles. The van der Waals surface area contributed by atoms with Gasteiger partial charge < -0.3 is 15.0 Å². The molecule has 2 amide bonds. The summed E-state index contributed by atoms with van der Waals surface area (Å²) in [7, 11) is 0. The van der Waals surface area contributed by atoms with Crippen LogP contribution in [-0.2, 0) is 22.6 Å². The van der Waals surface area contributed by atoms with E-state index < -0.39 is 11.9 Å². The number of nitrogens with zero attached hydrogens (tertiary/aromatic N) is 1. The van der Waals surface area contributed by atoms with Gasteiger partial charge in [0.15, 0.2) is 6.61 Å². The first-order chi connectivity index (χ1) is 16.9. The van der Waals surface area contributed by atoms with Crippen molar-refractivity contribution in [2.75, 3.05) is 6.61 Å². The van der Waals surface area contributed by atoms with Gasteiger partial charge in [0.2, 0.25) is 5.91 Å². The maximum absolute atomic E-state index is 13.5. The molecule has 3 aromatic carbocycles. The van der Waals surface area contributed by atoms with Gasteiger partial charge in [-0.25, -0.2) is 4.39 Å². The summed E-state index contributed by atoms with van der Waals surface area (Å²) < 4.78 is 18.9. The quantitative estimate of drug-likeness (QED) is 0.386. The summed E-state index contributed by atoms with van der Waals surface area (Å²) in [6.45, 7) is 3.83. The van der Waals surface area contributed by atoms with E-state index in [2.05, 4.69) is 5.32 Å². The molecular formula is C28H30ClFN2O3. The maximum Gasteiger partial charge on any atom is 0.261 e. The van der Waals surface area contributed by atoms with Crippen LogP contribution in [0.25, 0.3) is 0 Å². The highest BCUT2D eigenvalue weighted by Gasteiger charge is 2.31. The summed E-state index contributed by atoms with van der Waals surface area (Å²) in [6.07, 6.45) is 1.11. The van der Waals surface area contributed by atoms with E-state index in [4.69, 9.17) is 16.3 Å². The molecule has 0 aromatic heterocycles. The molecule has 0 bridgehead atoms. The Kier molecular flexibility index (Phi) is 9.67. The molecule has 0 saturated heterocycles. The lowest BCUT2D eigenvalue weighted by atomic mass is 10.0. The zero-order valence-corrected chi connectivity index (χ0v) is 20.7. The van der Waals surface area contributed by atoms with Crippen molar-refractivity contribution in [3.8, 4) is 5.75 Å². The molecule has 2 atom stereocenters. The van der Waals surface area contributed by atoms with Crippen LogP contribution in [0.4, 0.5) is 4.39 Å². The van der Waals surface area contributed by atoms with Crippen LogP contribution in [0.2, 0.25) is 5.02 Å². The first kappa shape index (κ1) is 26.2. The topological polar surface area (TPSA) is 58.6 Å². The summed E-state index contributed by atoms with van der Waals surface area (Å²) in [6, 6.07) is 21.4. The van der Waals surface area contributed by atoms with Gasteiger partial charge in [-0.05, 0) is 60.9 Å². The second-order valence-corrected chi connectivity index (χ2v) is 8.85. The highest BCUT2D eigenvalue weighted by Crippen LogP contribution is 2.18. The minimum absolute atomic E-state index is 0.0382. The average molecular weight is 497 g/mol. The van der Waals surface area contributed by atoms with Crippen LogP contribution in [0.3, 0.4) is 0 Å². The van der Waals surface area contributed by atoms with Gasteiger partial charge in [0.25, 0.3) is 5.91 Å². The van der Waals surface area contributed by atoms with Crippen LogP contribution in [-0.4, -0.2) is 35.4 Å². The number of benzene rings is 3. The molecule has 3 aromatic rings. The van der Waals surface area contributed by atoms with Crippen molar-refractivity contribution in [1.82, 2.24) is 10.2 Å². The van der Waals surface area contributed by atoms with Gasteiger partial charge in [0.05, 0.1) is 0 Å². The minimum Gasteiger partial charge on any atom is -0.484 e. The van der Waals surface area contributed by atoms with Crippen molar-refractivity contribution >= 4 is 23.4 Å². The molecule has 0 unspecified atom stereocenters. The molecule has 1 N–H and O–H groups in total. The lowest BCUT2D eigenvalue weighted by Gasteiger charge is -2.32. The second kappa shape index (κ2) is 12.9. The van der Waals surface area contributed by atoms with Gasteiger partial charge in [0.1, 0.15) is 17.6 Å². The van der Waals surface area contributed by atoms with Crippen LogP contribution in [0.1, 0.15) is 31.4 Å². The molecule has 0 radical (unpaired) electrons. The molecular weight excluding hydrogens is 467 g/mol. The lowest BCUT2D eigenvalue weighted by Crippen LogP contribution is -2.53. The van der Waals surface area contributed by atoms with E-state index in [1.165, 1.54) is 29.2 Å². The number of rotatable bonds is 11. The molecule has 0 aliphatic carbocycles. The Morgan fingerprint density at radius 2 is 1.63 bits per heavy atom. The second-order valence-electron chi connectivity index (χ2n) is 8.41. The third kappa shape index (κ3) is 8.11. The third-order valence-corrected chi connectivity index (χ3v) is 5.97. The number of amides is 2. The SMILES string of the molecule is CC[C@H](C)NC(=O)[C@@H](Cc1ccccc1)N(Cc1ccc(Cl)cc1)C(=O)COc1ccc(F)cc1. The molecule has 35 heavy (non-hydrogen) atoms. The highest BCUT2D eigenvalue weighted by atomic mass is 35.5. The Hall–Kier alpha value is -3.38. The fourth-order valence-electron chi connectivity index (χ4n) is 3.54. The maximum atomic E-state index is 13.5. The van der Waals surface area contributed by atoms with Gasteiger partial charge in [-0.1, -0.05) is 61.0 Å². The Bertz CT molecular complexity index is 1090.